The van der Waals surface area contributed by atoms with E-state index in [0.717, 1.165) is 10.1 Å². The lowest BCUT2D eigenvalue weighted by atomic mass is 10.2. The first-order chi connectivity index (χ1) is 7.09. The molecule has 0 saturated heterocycles. The molecule has 2 aromatic rings. The molecule has 6 heteroatoms. The van der Waals surface area contributed by atoms with Crippen molar-refractivity contribution in [2.45, 2.75) is 6.92 Å². The van der Waals surface area contributed by atoms with Crippen LogP contribution in [0.15, 0.2) is 23.0 Å². The second-order valence-corrected chi connectivity index (χ2v) is 3.54. The Morgan fingerprint density at radius 2 is 2.13 bits per heavy atom. The first-order valence-electron chi connectivity index (χ1n) is 4.26. The van der Waals surface area contributed by atoms with Gasteiger partial charge in [0.25, 0.3) is 0 Å². The summed E-state index contributed by atoms with van der Waals surface area (Å²) in [4.78, 5) is 11.3. The van der Waals surface area contributed by atoms with Gasteiger partial charge in [0.15, 0.2) is 0 Å². The molecule has 0 unspecified atom stereocenters. The zero-order valence-corrected chi connectivity index (χ0v) is 8.69. The number of hydrogen-bond donors (Lipinski definition) is 2. The first-order valence-corrected chi connectivity index (χ1v) is 4.66. The topological polar surface area (TPSA) is 53.6 Å². The molecule has 0 aliphatic carbocycles. The molecule has 2 rings (SSSR count). The monoisotopic (exact) mass is 225 g/mol. The highest BCUT2D eigenvalue weighted by Crippen LogP contribution is 2.13. The zero-order chi connectivity index (χ0) is 11.0. The van der Waals surface area contributed by atoms with E-state index in [4.69, 9.17) is 12.2 Å². The molecule has 1 aromatic heterocycles. The fourth-order valence-corrected chi connectivity index (χ4v) is 1.56. The fourth-order valence-electron chi connectivity index (χ4n) is 1.32. The number of aromatic amines is 2. The average Bonchev–Trinajstić information content (AvgIpc) is 2.51. The molecular weight excluding hydrogens is 217 g/mol. The Balaban J connectivity index is 2.79. The summed E-state index contributed by atoms with van der Waals surface area (Å²) in [7, 11) is 0. The molecule has 1 aromatic carbocycles. The van der Waals surface area contributed by atoms with Crippen molar-refractivity contribution in [3.05, 3.63) is 44.8 Å². The molecule has 0 radical (unpaired) electrons. The van der Waals surface area contributed by atoms with Gasteiger partial charge in [0.05, 0.1) is 5.69 Å². The molecule has 0 spiro atoms. The van der Waals surface area contributed by atoms with Gasteiger partial charge in [-0.3, -0.25) is 5.10 Å². The van der Waals surface area contributed by atoms with Crippen LogP contribution in [0.25, 0.3) is 5.69 Å². The molecule has 1 heterocycles. The smallest absolute Gasteiger partial charge is 0.272 e. The van der Waals surface area contributed by atoms with Gasteiger partial charge in [0.2, 0.25) is 4.77 Å². The van der Waals surface area contributed by atoms with E-state index in [-0.39, 0.29) is 10.5 Å². The van der Waals surface area contributed by atoms with Gasteiger partial charge >= 0.3 is 5.69 Å². The minimum absolute atomic E-state index is 0.143. The average molecular weight is 225 g/mol. The molecule has 0 bridgehead atoms. The predicted octanol–water partition coefficient (Wildman–Crippen LogP) is 1.67. The Morgan fingerprint density at radius 1 is 1.40 bits per heavy atom. The molecule has 0 aliphatic rings. The molecule has 15 heavy (non-hydrogen) atoms. The van der Waals surface area contributed by atoms with Crippen LogP contribution in [0.3, 0.4) is 0 Å². The quantitative estimate of drug-likeness (QED) is 0.725. The number of nitrogens with zero attached hydrogens (tertiary/aromatic N) is 1. The number of H-pyrrole nitrogens is 2. The highest BCUT2D eigenvalue weighted by Gasteiger charge is 2.08. The minimum atomic E-state index is -0.484. The second kappa shape index (κ2) is 3.47. The van der Waals surface area contributed by atoms with Crippen molar-refractivity contribution in [2.75, 3.05) is 0 Å². The van der Waals surface area contributed by atoms with E-state index in [1.54, 1.807) is 12.1 Å². The summed E-state index contributed by atoms with van der Waals surface area (Å²) in [6.07, 6.45) is 0. The van der Waals surface area contributed by atoms with Crippen molar-refractivity contribution in [1.82, 2.24) is 14.8 Å². The van der Waals surface area contributed by atoms with Crippen LogP contribution in [0.2, 0.25) is 0 Å². The molecular formula is C9H8FN3OS. The summed E-state index contributed by atoms with van der Waals surface area (Å²) in [6.45, 7) is 1.81. The van der Waals surface area contributed by atoms with Gasteiger partial charge in [0.1, 0.15) is 5.82 Å². The van der Waals surface area contributed by atoms with Crippen LogP contribution < -0.4 is 5.69 Å². The minimum Gasteiger partial charge on any atom is -0.272 e. The molecule has 0 fully saturated rings. The summed E-state index contributed by atoms with van der Waals surface area (Å²) >= 11 is 4.87. The number of halogens is 1. The Kier molecular flexibility index (Phi) is 2.28. The Morgan fingerprint density at radius 3 is 2.73 bits per heavy atom. The third-order valence-corrected chi connectivity index (χ3v) is 2.31. The highest BCUT2D eigenvalue weighted by atomic mass is 32.1. The molecule has 0 saturated carbocycles. The van der Waals surface area contributed by atoms with Crippen LogP contribution in [0, 0.1) is 17.5 Å². The van der Waals surface area contributed by atoms with E-state index in [0.29, 0.717) is 0 Å². The number of benzene rings is 1. The van der Waals surface area contributed by atoms with Crippen LogP contribution in [-0.4, -0.2) is 14.8 Å². The van der Waals surface area contributed by atoms with E-state index in [9.17, 15) is 9.18 Å². The molecule has 0 amide bonds. The van der Waals surface area contributed by atoms with Crippen LogP contribution in [0.1, 0.15) is 5.56 Å². The SMILES string of the molecule is Cc1ccc(F)c(-n2c(=O)[nH][nH]c2=S)c1. The van der Waals surface area contributed by atoms with Crippen LogP contribution in [-0.2, 0) is 0 Å². The summed E-state index contributed by atoms with van der Waals surface area (Å²) in [5.74, 6) is -0.484. The van der Waals surface area contributed by atoms with E-state index >= 15 is 0 Å². The van der Waals surface area contributed by atoms with Gasteiger partial charge in [0, 0.05) is 0 Å². The fraction of sp³-hybridized carbons (Fsp3) is 0.111. The van der Waals surface area contributed by atoms with Gasteiger partial charge < -0.3 is 0 Å². The van der Waals surface area contributed by atoms with Crippen LogP contribution in [0.4, 0.5) is 4.39 Å². The normalized spacial score (nSPS) is 10.5. The van der Waals surface area contributed by atoms with Crippen molar-refractivity contribution in [3.8, 4) is 5.69 Å². The van der Waals surface area contributed by atoms with Crippen molar-refractivity contribution in [1.29, 1.82) is 0 Å². The summed E-state index contributed by atoms with van der Waals surface area (Å²) in [6, 6.07) is 4.50. The van der Waals surface area contributed by atoms with Gasteiger partial charge in [-0.25, -0.2) is 18.9 Å². The van der Waals surface area contributed by atoms with E-state index in [2.05, 4.69) is 10.2 Å². The first kappa shape index (κ1) is 9.85. The second-order valence-electron chi connectivity index (χ2n) is 3.15. The summed E-state index contributed by atoms with van der Waals surface area (Å²) in [5, 5.41) is 4.75. The van der Waals surface area contributed by atoms with Crippen molar-refractivity contribution in [3.63, 3.8) is 0 Å². The van der Waals surface area contributed by atoms with E-state index in [1.165, 1.54) is 6.07 Å². The number of aryl methyl sites for hydroxylation is 1. The lowest BCUT2D eigenvalue weighted by molar-refractivity contribution is 0.615. The Hall–Kier alpha value is -1.69. The Labute approximate surface area is 89.4 Å². The standard InChI is InChI=1S/C9H8FN3OS/c1-5-2-3-6(10)7(4-5)13-8(14)11-12-9(13)15/h2-4H,1H3,(H,11,14)(H,12,15). The number of aromatic nitrogens is 3. The molecule has 4 nitrogen and oxygen atoms in total. The molecule has 2 N–H and O–H groups in total. The third-order valence-electron chi connectivity index (χ3n) is 2.03. The third kappa shape index (κ3) is 1.63. The summed E-state index contributed by atoms with van der Waals surface area (Å²) < 4.78 is 14.7. The van der Waals surface area contributed by atoms with Gasteiger partial charge in [-0.05, 0) is 36.8 Å². The van der Waals surface area contributed by atoms with Gasteiger partial charge in [-0.2, -0.15) is 0 Å². The predicted molar refractivity (Wildman–Crippen MR) is 56.3 cm³/mol. The maximum Gasteiger partial charge on any atom is 0.347 e. The Bertz CT molecular complexity index is 583. The molecule has 78 valence electrons. The largest absolute Gasteiger partial charge is 0.347 e. The van der Waals surface area contributed by atoms with E-state index in [1.807, 2.05) is 6.92 Å². The number of nitrogens with one attached hydrogen (secondary N) is 2. The maximum absolute atomic E-state index is 13.5. The van der Waals surface area contributed by atoms with E-state index < -0.39 is 11.5 Å². The zero-order valence-electron chi connectivity index (χ0n) is 7.87. The van der Waals surface area contributed by atoms with Crippen LogP contribution in [0.5, 0.6) is 0 Å². The lowest BCUT2D eigenvalue weighted by Gasteiger charge is -2.03. The van der Waals surface area contributed by atoms with Gasteiger partial charge in [-0.1, -0.05) is 6.07 Å². The van der Waals surface area contributed by atoms with Crippen molar-refractivity contribution >= 4 is 12.2 Å². The van der Waals surface area contributed by atoms with Gasteiger partial charge in [-0.15, -0.1) is 0 Å². The van der Waals surface area contributed by atoms with Crippen molar-refractivity contribution in [2.24, 2.45) is 0 Å². The molecule has 0 atom stereocenters. The maximum atomic E-state index is 13.5. The van der Waals surface area contributed by atoms with Crippen molar-refractivity contribution < 1.29 is 4.39 Å². The number of hydrogen-bond acceptors (Lipinski definition) is 2. The highest BCUT2D eigenvalue weighted by molar-refractivity contribution is 7.71. The van der Waals surface area contributed by atoms with Crippen LogP contribution >= 0.6 is 12.2 Å². The lowest BCUT2D eigenvalue weighted by Crippen LogP contribution is -2.16. The summed E-state index contributed by atoms with van der Waals surface area (Å²) in [5.41, 5.74) is 0.529. The molecule has 0 aliphatic heterocycles. The number of rotatable bonds is 1.